The van der Waals surface area contributed by atoms with Crippen LogP contribution < -0.4 is 0 Å². The van der Waals surface area contributed by atoms with Gasteiger partial charge in [-0.1, -0.05) is 13.8 Å². The highest BCUT2D eigenvalue weighted by Crippen LogP contribution is 1.97. The zero-order valence-electron chi connectivity index (χ0n) is 7.44. The lowest BCUT2D eigenvalue weighted by Gasteiger charge is -2.02. The molecule has 0 fully saturated rings. The van der Waals surface area contributed by atoms with E-state index in [1.807, 2.05) is 0 Å². The molecule has 5 heteroatoms. The normalized spacial score (nSPS) is 11.1. The second-order valence-electron chi connectivity index (χ2n) is 2.65. The van der Waals surface area contributed by atoms with Gasteiger partial charge in [-0.3, -0.25) is 9.79 Å². The average Bonchev–Trinajstić information content (AvgIpc) is 2.04. The number of nitriles is 1. The molecule has 0 aliphatic carbocycles. The van der Waals surface area contributed by atoms with E-state index in [0.717, 1.165) is 0 Å². The van der Waals surface area contributed by atoms with Crippen LogP contribution in [0.4, 0.5) is 0 Å². The molecule has 0 aromatic carbocycles. The molecule has 0 bridgehead atoms. The number of aliphatic carboxylic acids is 1. The Morgan fingerprint density at radius 3 is 2.38 bits per heavy atom. The van der Waals surface area contributed by atoms with E-state index in [4.69, 9.17) is 10.4 Å². The summed E-state index contributed by atoms with van der Waals surface area (Å²) in [5, 5.41) is 16.7. The number of aliphatic imine (C=N–C) groups is 1. The zero-order chi connectivity index (χ0) is 10.4. The number of hydrogen-bond acceptors (Lipinski definition) is 4. The number of carbonyl (C=O) groups excluding carboxylic acids is 1. The molecule has 5 nitrogen and oxygen atoms in total. The van der Waals surface area contributed by atoms with E-state index >= 15 is 0 Å². The quantitative estimate of drug-likeness (QED) is 0.383. The van der Waals surface area contributed by atoms with E-state index in [9.17, 15) is 9.59 Å². The minimum atomic E-state index is -1.38. The summed E-state index contributed by atoms with van der Waals surface area (Å²) in [5.74, 6) is -2.36. The van der Waals surface area contributed by atoms with Crippen LogP contribution in [0.2, 0.25) is 0 Å². The van der Waals surface area contributed by atoms with E-state index in [2.05, 4.69) is 4.99 Å². The van der Waals surface area contributed by atoms with Crippen molar-refractivity contribution >= 4 is 17.5 Å². The van der Waals surface area contributed by atoms with E-state index < -0.39 is 23.4 Å². The third kappa shape index (κ3) is 3.47. The van der Waals surface area contributed by atoms with Crippen LogP contribution in [-0.2, 0) is 9.59 Å². The number of hydrogen-bond donors (Lipinski definition) is 1. The molecule has 0 rings (SSSR count). The molecule has 0 spiro atoms. The van der Waals surface area contributed by atoms with Gasteiger partial charge in [-0.25, -0.2) is 4.79 Å². The average molecular weight is 182 g/mol. The maximum Gasteiger partial charge on any atom is 0.357 e. The Kier molecular flexibility index (Phi) is 4.38. The molecule has 0 amide bonds. The molecule has 0 aliphatic heterocycles. The lowest BCUT2D eigenvalue weighted by atomic mass is 10.1. The predicted octanol–water partition coefficient (Wildman–Crippen LogP) is 0.261. The van der Waals surface area contributed by atoms with Crippen molar-refractivity contribution in [3.05, 3.63) is 0 Å². The largest absolute Gasteiger partial charge is 0.476 e. The summed E-state index contributed by atoms with van der Waals surface area (Å²) >= 11 is 0. The molecular weight excluding hydrogens is 172 g/mol. The fourth-order valence-corrected chi connectivity index (χ4v) is 0.639. The van der Waals surface area contributed by atoms with Crippen molar-refractivity contribution in [2.24, 2.45) is 10.9 Å². The minimum absolute atomic E-state index is 0.305. The summed E-state index contributed by atoms with van der Waals surface area (Å²) in [6, 6.07) is 1.64. The second-order valence-corrected chi connectivity index (χ2v) is 2.65. The molecule has 70 valence electrons. The van der Waals surface area contributed by atoms with Gasteiger partial charge < -0.3 is 5.11 Å². The summed E-state index contributed by atoms with van der Waals surface area (Å²) in [6.07, 6.45) is 0. The Morgan fingerprint density at radius 2 is 2.08 bits per heavy atom. The number of rotatable bonds is 4. The molecule has 0 unspecified atom stereocenters. The van der Waals surface area contributed by atoms with Gasteiger partial charge in [-0.15, -0.1) is 0 Å². The van der Waals surface area contributed by atoms with Crippen molar-refractivity contribution in [2.45, 2.75) is 13.8 Å². The number of Topliss-reactive ketones (excluding diaryl/α,β-unsaturated/α-hetero) is 1. The first kappa shape index (κ1) is 11.3. The van der Waals surface area contributed by atoms with Crippen molar-refractivity contribution in [1.82, 2.24) is 0 Å². The third-order valence-corrected chi connectivity index (χ3v) is 1.27. The maximum atomic E-state index is 11.2. The Morgan fingerprint density at radius 1 is 1.54 bits per heavy atom. The maximum absolute atomic E-state index is 11.2. The summed E-state index contributed by atoms with van der Waals surface area (Å²) in [5.41, 5.74) is -0.545. The molecule has 0 radical (unpaired) electrons. The smallest absolute Gasteiger partial charge is 0.357 e. The van der Waals surface area contributed by atoms with Crippen molar-refractivity contribution in [3.63, 3.8) is 0 Å². The van der Waals surface area contributed by atoms with Crippen LogP contribution in [0.25, 0.3) is 0 Å². The van der Waals surface area contributed by atoms with Gasteiger partial charge in [0.1, 0.15) is 6.54 Å². The number of carboxylic acids is 1. The highest BCUT2D eigenvalue weighted by atomic mass is 16.4. The third-order valence-electron chi connectivity index (χ3n) is 1.27. The fraction of sp³-hybridized carbons (Fsp3) is 0.500. The molecule has 0 aromatic rings. The van der Waals surface area contributed by atoms with Gasteiger partial charge in [-0.05, 0) is 0 Å². The number of carbonyl (C=O) groups is 2. The summed E-state index contributed by atoms with van der Waals surface area (Å²) in [4.78, 5) is 25.0. The van der Waals surface area contributed by atoms with Crippen molar-refractivity contribution < 1.29 is 14.7 Å². The molecule has 0 saturated carbocycles. The molecule has 0 atom stereocenters. The van der Waals surface area contributed by atoms with E-state index in [0.29, 0.717) is 0 Å². The molecule has 0 aromatic heterocycles. The summed E-state index contributed by atoms with van der Waals surface area (Å²) in [7, 11) is 0. The standard InChI is InChI=1S/C8H10N2O3/c1-5(2)7(11)6(8(12)13)10-4-3-9/h5H,4H2,1-2H3,(H,12,13). The summed E-state index contributed by atoms with van der Waals surface area (Å²) < 4.78 is 0. The predicted molar refractivity (Wildman–Crippen MR) is 45.4 cm³/mol. The lowest BCUT2D eigenvalue weighted by Crippen LogP contribution is -2.28. The SMILES string of the molecule is CC(C)C(=O)C(=NCC#N)C(=O)O. The van der Waals surface area contributed by atoms with Crippen LogP contribution in [0.3, 0.4) is 0 Å². The first-order valence-electron chi connectivity index (χ1n) is 3.69. The number of carboxylic acid groups (broad SMARTS) is 1. The van der Waals surface area contributed by atoms with Crippen LogP contribution >= 0.6 is 0 Å². The van der Waals surface area contributed by atoms with Gasteiger partial charge in [0.2, 0.25) is 0 Å². The van der Waals surface area contributed by atoms with E-state index in [1.165, 1.54) is 0 Å². The van der Waals surface area contributed by atoms with Gasteiger partial charge in [0.25, 0.3) is 0 Å². The molecule has 13 heavy (non-hydrogen) atoms. The Balaban J connectivity index is 4.74. The molecule has 1 N–H and O–H groups in total. The van der Waals surface area contributed by atoms with Crippen LogP contribution in [0.5, 0.6) is 0 Å². The fourth-order valence-electron chi connectivity index (χ4n) is 0.639. The molecule has 0 heterocycles. The molecule has 0 saturated heterocycles. The highest BCUT2D eigenvalue weighted by molar-refractivity contribution is 6.64. The van der Waals surface area contributed by atoms with Crippen LogP contribution in [-0.4, -0.2) is 29.1 Å². The van der Waals surface area contributed by atoms with Gasteiger partial charge in [0.15, 0.2) is 11.5 Å². The molecular formula is C8H10N2O3. The summed E-state index contributed by atoms with van der Waals surface area (Å²) in [6.45, 7) is 2.85. The zero-order valence-corrected chi connectivity index (χ0v) is 7.44. The minimum Gasteiger partial charge on any atom is -0.476 e. The van der Waals surface area contributed by atoms with Crippen LogP contribution in [0.1, 0.15) is 13.8 Å². The first-order chi connectivity index (χ1) is 6.00. The lowest BCUT2D eigenvalue weighted by molar-refractivity contribution is -0.130. The van der Waals surface area contributed by atoms with Crippen LogP contribution in [0.15, 0.2) is 4.99 Å². The highest BCUT2D eigenvalue weighted by Gasteiger charge is 2.21. The van der Waals surface area contributed by atoms with Crippen LogP contribution in [0, 0.1) is 17.2 Å². The monoisotopic (exact) mass is 182 g/mol. The molecule has 0 aliphatic rings. The first-order valence-corrected chi connectivity index (χ1v) is 3.69. The number of nitrogens with zero attached hydrogens (tertiary/aromatic N) is 2. The number of ketones is 1. The Labute approximate surface area is 75.7 Å². The van der Waals surface area contributed by atoms with Gasteiger partial charge in [0.05, 0.1) is 6.07 Å². The van der Waals surface area contributed by atoms with Gasteiger partial charge in [-0.2, -0.15) is 5.26 Å². The van der Waals surface area contributed by atoms with E-state index in [-0.39, 0.29) is 6.54 Å². The Bertz CT molecular complexity index is 286. The van der Waals surface area contributed by atoms with Crippen molar-refractivity contribution in [2.75, 3.05) is 6.54 Å². The van der Waals surface area contributed by atoms with Gasteiger partial charge in [0, 0.05) is 5.92 Å². The van der Waals surface area contributed by atoms with E-state index in [1.54, 1.807) is 19.9 Å². The second kappa shape index (κ2) is 5.04. The van der Waals surface area contributed by atoms with Gasteiger partial charge >= 0.3 is 5.97 Å². The Hall–Kier alpha value is -1.70. The van der Waals surface area contributed by atoms with Crippen molar-refractivity contribution in [3.8, 4) is 6.07 Å². The topological polar surface area (TPSA) is 90.5 Å². The van der Waals surface area contributed by atoms with Crippen molar-refractivity contribution in [1.29, 1.82) is 5.26 Å².